The van der Waals surface area contributed by atoms with Crippen LogP contribution in [0.3, 0.4) is 0 Å². The third kappa shape index (κ3) is 3.31. The van der Waals surface area contributed by atoms with Crippen molar-refractivity contribution in [3.63, 3.8) is 0 Å². The number of methoxy groups -OCH3 is 1. The molecule has 0 unspecified atom stereocenters. The van der Waals surface area contributed by atoms with E-state index in [1.807, 2.05) is 19.9 Å². The summed E-state index contributed by atoms with van der Waals surface area (Å²) in [4.78, 5) is 3.54. The van der Waals surface area contributed by atoms with E-state index in [1.54, 1.807) is 7.11 Å². The largest absolute Gasteiger partial charge is 0.497 e. The standard InChI is InChI=1S/C15H21NO.C2H6/c1-5-6-13-12-8-7-11(17-4)9-14(12)16-15(13)10(2)3;1-2/h7-10,16H,5-6H2,1-4H3;1-2H3. The SMILES string of the molecule is CC.CCCc1c(C(C)C)[nH]c2cc(OC)ccc12. The molecule has 106 valence electrons. The average molecular weight is 261 g/mol. The molecule has 1 N–H and O–H groups in total. The fourth-order valence-corrected chi connectivity index (χ4v) is 2.39. The van der Waals surface area contributed by atoms with E-state index >= 15 is 0 Å². The first kappa shape index (κ1) is 15.6. The van der Waals surface area contributed by atoms with Crippen LogP contribution in [0.15, 0.2) is 18.2 Å². The fourth-order valence-electron chi connectivity index (χ4n) is 2.39. The lowest BCUT2D eigenvalue weighted by Crippen LogP contribution is -1.93. The molecule has 1 aromatic heterocycles. The minimum Gasteiger partial charge on any atom is -0.497 e. The van der Waals surface area contributed by atoms with Crippen LogP contribution in [0.1, 0.15) is 58.2 Å². The van der Waals surface area contributed by atoms with Gasteiger partial charge in [0.25, 0.3) is 0 Å². The van der Waals surface area contributed by atoms with Gasteiger partial charge < -0.3 is 9.72 Å². The van der Waals surface area contributed by atoms with Gasteiger partial charge in [0.2, 0.25) is 0 Å². The van der Waals surface area contributed by atoms with Gasteiger partial charge in [-0.3, -0.25) is 0 Å². The molecule has 2 heteroatoms. The lowest BCUT2D eigenvalue weighted by Gasteiger charge is -2.06. The first-order valence-electron chi connectivity index (χ1n) is 7.35. The lowest BCUT2D eigenvalue weighted by molar-refractivity contribution is 0.415. The maximum Gasteiger partial charge on any atom is 0.120 e. The van der Waals surface area contributed by atoms with Crippen LogP contribution in [0.5, 0.6) is 5.75 Å². The number of rotatable bonds is 4. The van der Waals surface area contributed by atoms with E-state index < -0.39 is 0 Å². The molecular formula is C17H27NO. The van der Waals surface area contributed by atoms with Crippen LogP contribution in [0.4, 0.5) is 0 Å². The van der Waals surface area contributed by atoms with Gasteiger partial charge in [0.05, 0.1) is 7.11 Å². The van der Waals surface area contributed by atoms with Crippen LogP contribution in [0.2, 0.25) is 0 Å². The van der Waals surface area contributed by atoms with Gasteiger partial charge in [-0.1, -0.05) is 41.0 Å². The van der Waals surface area contributed by atoms with Crippen LogP contribution in [-0.2, 0) is 6.42 Å². The fraction of sp³-hybridized carbons (Fsp3) is 0.529. The Kier molecular flexibility index (Phi) is 5.94. The molecule has 0 atom stereocenters. The third-order valence-corrected chi connectivity index (χ3v) is 3.22. The molecule has 0 fully saturated rings. The van der Waals surface area contributed by atoms with E-state index in [9.17, 15) is 0 Å². The number of benzene rings is 1. The number of H-pyrrole nitrogens is 1. The Hall–Kier alpha value is -1.44. The lowest BCUT2D eigenvalue weighted by atomic mass is 10.00. The molecule has 0 radical (unpaired) electrons. The zero-order chi connectivity index (χ0) is 14.4. The predicted octanol–water partition coefficient (Wildman–Crippen LogP) is 5.28. The summed E-state index contributed by atoms with van der Waals surface area (Å²) in [7, 11) is 1.71. The summed E-state index contributed by atoms with van der Waals surface area (Å²) in [5.41, 5.74) is 4.03. The van der Waals surface area contributed by atoms with Gasteiger partial charge >= 0.3 is 0 Å². The highest BCUT2D eigenvalue weighted by Crippen LogP contribution is 2.30. The van der Waals surface area contributed by atoms with Crippen molar-refractivity contribution >= 4 is 10.9 Å². The van der Waals surface area contributed by atoms with E-state index in [4.69, 9.17) is 4.74 Å². The smallest absolute Gasteiger partial charge is 0.120 e. The average Bonchev–Trinajstić information content (AvgIpc) is 2.80. The molecule has 19 heavy (non-hydrogen) atoms. The zero-order valence-corrected chi connectivity index (χ0v) is 13.1. The molecule has 0 aliphatic carbocycles. The molecule has 1 heterocycles. The number of hydrogen-bond donors (Lipinski definition) is 1. The molecule has 0 bridgehead atoms. The van der Waals surface area contributed by atoms with Crippen LogP contribution >= 0.6 is 0 Å². The van der Waals surface area contributed by atoms with E-state index in [-0.39, 0.29) is 0 Å². The minimum atomic E-state index is 0.537. The van der Waals surface area contributed by atoms with E-state index in [2.05, 4.69) is 37.9 Å². The molecule has 0 aliphatic rings. The third-order valence-electron chi connectivity index (χ3n) is 3.22. The predicted molar refractivity (Wildman–Crippen MR) is 84.3 cm³/mol. The maximum atomic E-state index is 5.27. The van der Waals surface area contributed by atoms with Gasteiger partial charge in [-0.25, -0.2) is 0 Å². The molecule has 0 spiro atoms. The molecule has 2 rings (SSSR count). The molecule has 2 aromatic rings. The van der Waals surface area contributed by atoms with Gasteiger partial charge in [-0.2, -0.15) is 0 Å². The molecule has 0 amide bonds. The Morgan fingerprint density at radius 2 is 1.89 bits per heavy atom. The summed E-state index contributed by atoms with van der Waals surface area (Å²) in [5.74, 6) is 1.45. The minimum absolute atomic E-state index is 0.537. The number of hydrogen-bond acceptors (Lipinski definition) is 1. The number of aromatic amines is 1. The Balaban J connectivity index is 0.000000861. The van der Waals surface area contributed by atoms with Crippen molar-refractivity contribution in [1.82, 2.24) is 4.98 Å². The van der Waals surface area contributed by atoms with Gasteiger partial charge in [0.1, 0.15) is 5.75 Å². The highest BCUT2D eigenvalue weighted by Gasteiger charge is 2.13. The van der Waals surface area contributed by atoms with Crippen molar-refractivity contribution in [1.29, 1.82) is 0 Å². The second kappa shape index (κ2) is 7.22. The Bertz CT molecular complexity index is 511. The summed E-state index contributed by atoms with van der Waals surface area (Å²) in [6.07, 6.45) is 2.32. The van der Waals surface area contributed by atoms with E-state index in [1.165, 1.54) is 28.6 Å². The van der Waals surface area contributed by atoms with Crippen LogP contribution < -0.4 is 4.74 Å². The quantitative estimate of drug-likeness (QED) is 0.796. The van der Waals surface area contributed by atoms with E-state index in [0.717, 1.165) is 12.2 Å². The Labute approximate surface area is 117 Å². The summed E-state index contributed by atoms with van der Waals surface area (Å²) < 4.78 is 5.27. The molecule has 0 saturated heterocycles. The van der Waals surface area contributed by atoms with E-state index in [0.29, 0.717) is 5.92 Å². The number of aromatic nitrogens is 1. The Morgan fingerprint density at radius 1 is 1.21 bits per heavy atom. The highest BCUT2D eigenvalue weighted by atomic mass is 16.5. The van der Waals surface area contributed by atoms with Crippen molar-refractivity contribution in [3.8, 4) is 5.75 Å². The summed E-state index contributed by atoms with van der Waals surface area (Å²) in [5, 5.41) is 1.34. The second-order valence-electron chi connectivity index (χ2n) is 4.83. The van der Waals surface area contributed by atoms with Crippen LogP contribution in [-0.4, -0.2) is 12.1 Å². The number of nitrogens with one attached hydrogen (secondary N) is 1. The molecule has 0 saturated carbocycles. The van der Waals surface area contributed by atoms with Crippen molar-refractivity contribution in [2.24, 2.45) is 0 Å². The number of fused-ring (bicyclic) bond motifs is 1. The number of aryl methyl sites for hydroxylation is 1. The van der Waals surface area contributed by atoms with Gasteiger partial charge in [-0.15, -0.1) is 0 Å². The van der Waals surface area contributed by atoms with Gasteiger partial charge in [0, 0.05) is 22.7 Å². The van der Waals surface area contributed by atoms with Crippen molar-refractivity contribution in [3.05, 3.63) is 29.5 Å². The van der Waals surface area contributed by atoms with Crippen LogP contribution in [0, 0.1) is 0 Å². The molecular weight excluding hydrogens is 234 g/mol. The number of ether oxygens (including phenoxy) is 1. The normalized spacial score (nSPS) is 10.5. The maximum absolute atomic E-state index is 5.27. The summed E-state index contributed by atoms with van der Waals surface area (Å²) >= 11 is 0. The highest BCUT2D eigenvalue weighted by molar-refractivity contribution is 5.86. The summed E-state index contributed by atoms with van der Waals surface area (Å²) in [6.45, 7) is 10.7. The molecule has 0 aliphatic heterocycles. The van der Waals surface area contributed by atoms with Crippen LogP contribution in [0.25, 0.3) is 10.9 Å². The molecule has 1 aromatic carbocycles. The van der Waals surface area contributed by atoms with Crippen molar-refractivity contribution in [2.45, 2.75) is 53.4 Å². The van der Waals surface area contributed by atoms with Gasteiger partial charge in [0.15, 0.2) is 0 Å². The topological polar surface area (TPSA) is 25.0 Å². The monoisotopic (exact) mass is 261 g/mol. The Morgan fingerprint density at radius 3 is 2.42 bits per heavy atom. The first-order chi connectivity index (χ1) is 9.17. The molecule has 2 nitrogen and oxygen atoms in total. The zero-order valence-electron chi connectivity index (χ0n) is 13.1. The second-order valence-corrected chi connectivity index (χ2v) is 4.83. The summed E-state index contributed by atoms with van der Waals surface area (Å²) in [6, 6.07) is 6.29. The first-order valence-corrected chi connectivity index (χ1v) is 7.35. The van der Waals surface area contributed by atoms with Crippen molar-refractivity contribution in [2.75, 3.05) is 7.11 Å². The van der Waals surface area contributed by atoms with Crippen molar-refractivity contribution < 1.29 is 4.74 Å². The van der Waals surface area contributed by atoms with Gasteiger partial charge in [-0.05, 0) is 30.0 Å².